The SMILES string of the molecule is Cc1ccc(CCn2cnc3cc(NC(=N[C@H]4C[C@H]5C[C@H]([C@H]4C)C5(C)C)N4CCN[C@@H](Cc5c[nH]c6ccccc56)C4)ccc3c2=O)c(F)c1. The van der Waals surface area contributed by atoms with E-state index in [1.807, 2.05) is 31.2 Å². The second kappa shape index (κ2) is 13.0. The summed E-state index contributed by atoms with van der Waals surface area (Å²) in [5, 5.41) is 9.30. The number of aromatic amines is 1. The third kappa shape index (κ3) is 6.10. The van der Waals surface area contributed by atoms with Crippen molar-refractivity contribution in [1.82, 2.24) is 24.8 Å². The monoisotopic (exact) mass is 673 g/mol. The minimum atomic E-state index is -0.239. The molecule has 0 amide bonds. The number of rotatable bonds is 7. The van der Waals surface area contributed by atoms with Crippen LogP contribution in [0.3, 0.4) is 0 Å². The number of nitrogens with one attached hydrogen (secondary N) is 3. The van der Waals surface area contributed by atoms with Crippen LogP contribution in [0.4, 0.5) is 10.1 Å². The third-order valence-corrected chi connectivity index (χ3v) is 12.2. The van der Waals surface area contributed by atoms with E-state index in [-0.39, 0.29) is 23.5 Å². The van der Waals surface area contributed by atoms with Crippen molar-refractivity contribution in [3.8, 4) is 0 Å². The summed E-state index contributed by atoms with van der Waals surface area (Å²) in [7, 11) is 0. The van der Waals surface area contributed by atoms with Gasteiger partial charge in [0, 0.05) is 55.0 Å². The van der Waals surface area contributed by atoms with E-state index in [4.69, 9.17) is 4.99 Å². The summed E-state index contributed by atoms with van der Waals surface area (Å²) >= 11 is 0. The Morgan fingerprint density at radius 3 is 2.76 bits per heavy atom. The van der Waals surface area contributed by atoms with Crippen molar-refractivity contribution in [3.63, 3.8) is 0 Å². The number of anilines is 1. The molecule has 50 heavy (non-hydrogen) atoms. The Morgan fingerprint density at radius 2 is 1.94 bits per heavy atom. The van der Waals surface area contributed by atoms with Crippen molar-refractivity contribution in [3.05, 3.63) is 106 Å². The van der Waals surface area contributed by atoms with Crippen LogP contribution in [0.25, 0.3) is 21.8 Å². The summed E-state index contributed by atoms with van der Waals surface area (Å²) in [6.45, 7) is 12.1. The Kier molecular flexibility index (Phi) is 8.50. The van der Waals surface area contributed by atoms with Crippen LogP contribution in [0.2, 0.25) is 0 Å². The Morgan fingerprint density at radius 1 is 1.08 bits per heavy atom. The average molecular weight is 674 g/mol. The van der Waals surface area contributed by atoms with E-state index in [9.17, 15) is 9.18 Å². The molecule has 9 heteroatoms. The highest BCUT2D eigenvalue weighted by Crippen LogP contribution is 2.61. The van der Waals surface area contributed by atoms with Gasteiger partial charge in [-0.25, -0.2) is 14.4 Å². The standard InChI is InChI=1S/C41H48FN7O/c1-25-9-10-27(35(42)17-25)13-15-49-24-45-38-21-30(11-12-33(38)39(49)50)46-40(47-37-20-29-19-34(26(37)2)41(29,3)4)48-16-14-43-31(23-48)18-28-22-44-36-8-6-5-7-32(28)36/h5-12,17,21-22,24,26,29,31,34,37,43-44H,13-16,18-20,23H2,1-4H3,(H,46,47)/t26-,29-,31+,34-,37+/m1/s1. The maximum atomic E-state index is 14.4. The minimum absolute atomic E-state index is 0.122. The smallest absolute Gasteiger partial charge is 0.261 e. The first-order valence-electron chi connectivity index (χ1n) is 18.3. The van der Waals surface area contributed by atoms with Gasteiger partial charge >= 0.3 is 0 Å². The maximum absolute atomic E-state index is 14.4. The zero-order valence-electron chi connectivity index (χ0n) is 29.5. The van der Waals surface area contributed by atoms with Gasteiger partial charge in [0.1, 0.15) is 5.82 Å². The van der Waals surface area contributed by atoms with Gasteiger partial charge in [0.05, 0.1) is 23.3 Å². The number of benzene rings is 3. The summed E-state index contributed by atoms with van der Waals surface area (Å²) in [4.78, 5) is 29.5. The Bertz CT molecular complexity index is 2130. The number of piperazine rings is 1. The van der Waals surface area contributed by atoms with Gasteiger partial charge in [-0.05, 0) is 103 Å². The number of nitrogens with zero attached hydrogens (tertiary/aromatic N) is 4. The van der Waals surface area contributed by atoms with Crippen molar-refractivity contribution >= 4 is 33.5 Å². The van der Waals surface area contributed by atoms with Crippen molar-refractivity contribution in [2.45, 2.75) is 72.0 Å². The fourth-order valence-electron chi connectivity index (χ4n) is 8.98. The van der Waals surface area contributed by atoms with Gasteiger partial charge in [-0.2, -0.15) is 0 Å². The van der Waals surface area contributed by atoms with Crippen LogP contribution in [-0.2, 0) is 19.4 Å². The lowest BCUT2D eigenvalue weighted by Crippen LogP contribution is -2.58. The molecule has 5 aromatic rings. The Labute approximate surface area is 293 Å². The maximum Gasteiger partial charge on any atom is 0.261 e. The molecule has 3 N–H and O–H groups in total. The first-order chi connectivity index (χ1) is 24.1. The molecule has 4 aliphatic rings. The normalized spacial score (nSPS) is 24.8. The fourth-order valence-corrected chi connectivity index (χ4v) is 8.98. The Balaban J connectivity index is 1.04. The van der Waals surface area contributed by atoms with Crippen LogP contribution < -0.4 is 16.2 Å². The van der Waals surface area contributed by atoms with Crippen LogP contribution >= 0.6 is 0 Å². The molecule has 3 aromatic carbocycles. The molecule has 3 aliphatic carbocycles. The lowest BCUT2D eigenvalue weighted by atomic mass is 9.45. The topological polar surface area (TPSA) is 90.3 Å². The predicted octanol–water partition coefficient (Wildman–Crippen LogP) is 6.92. The third-order valence-electron chi connectivity index (χ3n) is 12.2. The molecule has 1 saturated heterocycles. The number of fused-ring (bicyclic) bond motifs is 4. The number of aryl methyl sites for hydroxylation is 3. The van der Waals surface area contributed by atoms with E-state index in [1.54, 1.807) is 17.0 Å². The van der Waals surface area contributed by atoms with E-state index >= 15 is 0 Å². The van der Waals surface area contributed by atoms with Crippen molar-refractivity contribution in [2.24, 2.45) is 28.2 Å². The Hall–Kier alpha value is -4.50. The summed E-state index contributed by atoms with van der Waals surface area (Å²) in [6.07, 6.45) is 7.51. The number of guanidine groups is 1. The van der Waals surface area contributed by atoms with Gasteiger partial charge in [-0.15, -0.1) is 0 Å². The quantitative estimate of drug-likeness (QED) is 0.129. The first-order valence-corrected chi connectivity index (χ1v) is 18.3. The highest BCUT2D eigenvalue weighted by Gasteiger charge is 2.56. The number of hydrogen-bond acceptors (Lipinski definition) is 4. The van der Waals surface area contributed by atoms with Crippen LogP contribution in [0.15, 0.2) is 83.0 Å². The number of aromatic nitrogens is 3. The molecule has 1 aliphatic heterocycles. The van der Waals surface area contributed by atoms with Crippen molar-refractivity contribution in [2.75, 3.05) is 25.0 Å². The first kappa shape index (κ1) is 32.7. The van der Waals surface area contributed by atoms with E-state index < -0.39 is 0 Å². The minimum Gasteiger partial charge on any atom is -0.361 e. The van der Waals surface area contributed by atoms with E-state index in [0.29, 0.717) is 52.6 Å². The zero-order valence-corrected chi connectivity index (χ0v) is 29.5. The zero-order chi connectivity index (χ0) is 34.6. The highest BCUT2D eigenvalue weighted by atomic mass is 19.1. The average Bonchev–Trinajstić information content (AvgIpc) is 3.51. The van der Waals surface area contributed by atoms with Crippen molar-refractivity contribution in [1.29, 1.82) is 0 Å². The lowest BCUT2D eigenvalue weighted by Gasteiger charge is -2.61. The number of para-hydroxylation sites is 1. The molecular formula is C41H48FN7O. The molecular weight excluding hydrogens is 625 g/mol. The molecule has 3 heterocycles. The van der Waals surface area contributed by atoms with Gasteiger partial charge in [-0.1, -0.05) is 51.1 Å². The molecule has 9 rings (SSSR count). The molecule has 0 spiro atoms. The molecule has 2 aromatic heterocycles. The summed E-state index contributed by atoms with van der Waals surface area (Å²) < 4.78 is 16.0. The summed E-state index contributed by atoms with van der Waals surface area (Å²) in [6, 6.07) is 20.0. The van der Waals surface area contributed by atoms with E-state index in [2.05, 4.69) is 76.7 Å². The number of aliphatic imine (C=N–C) groups is 1. The number of hydrogen-bond donors (Lipinski definition) is 3. The second-order valence-electron chi connectivity index (χ2n) is 15.6. The van der Waals surface area contributed by atoms with Gasteiger partial charge in [-0.3, -0.25) is 9.36 Å². The van der Waals surface area contributed by atoms with Crippen LogP contribution in [-0.4, -0.2) is 57.1 Å². The second-order valence-corrected chi connectivity index (χ2v) is 15.6. The highest BCUT2D eigenvalue weighted by molar-refractivity contribution is 5.96. The van der Waals surface area contributed by atoms with Crippen molar-refractivity contribution < 1.29 is 4.39 Å². The summed E-state index contributed by atoms with van der Waals surface area (Å²) in [5.41, 5.74) is 5.73. The van der Waals surface area contributed by atoms with Gasteiger partial charge in [0.25, 0.3) is 5.56 Å². The molecule has 5 atom stereocenters. The number of H-pyrrole nitrogens is 1. The molecule has 260 valence electrons. The number of halogens is 1. The largest absolute Gasteiger partial charge is 0.361 e. The van der Waals surface area contributed by atoms with E-state index in [0.717, 1.165) is 49.7 Å². The van der Waals surface area contributed by atoms with E-state index in [1.165, 1.54) is 29.0 Å². The van der Waals surface area contributed by atoms with Crippen LogP contribution in [0.1, 0.15) is 50.3 Å². The van der Waals surface area contributed by atoms with Gasteiger partial charge in [0.2, 0.25) is 0 Å². The summed E-state index contributed by atoms with van der Waals surface area (Å²) in [5.74, 6) is 2.59. The molecule has 4 fully saturated rings. The van der Waals surface area contributed by atoms with Gasteiger partial charge in [0.15, 0.2) is 5.96 Å². The molecule has 0 unspecified atom stereocenters. The van der Waals surface area contributed by atoms with Crippen LogP contribution in [0.5, 0.6) is 0 Å². The molecule has 3 saturated carbocycles. The molecule has 8 nitrogen and oxygen atoms in total. The van der Waals surface area contributed by atoms with Crippen LogP contribution in [0, 0.1) is 35.9 Å². The van der Waals surface area contributed by atoms with Gasteiger partial charge < -0.3 is 20.5 Å². The lowest BCUT2D eigenvalue weighted by molar-refractivity contribution is -0.108. The molecule has 2 bridgehead atoms. The fraction of sp³-hybridized carbons (Fsp3) is 0.439. The molecule has 0 radical (unpaired) electrons. The predicted molar refractivity (Wildman–Crippen MR) is 200 cm³/mol.